The first-order valence-corrected chi connectivity index (χ1v) is 4.09. The molecule has 0 aliphatic heterocycles. The molecule has 0 N–H and O–H groups in total. The van der Waals surface area contributed by atoms with E-state index in [2.05, 4.69) is 10.3 Å². The van der Waals surface area contributed by atoms with Gasteiger partial charge in [0.2, 0.25) is 0 Å². The Morgan fingerprint density at radius 3 is 2.58 bits per heavy atom. The van der Waals surface area contributed by atoms with Crippen molar-refractivity contribution < 1.29 is 0 Å². The Balaban J connectivity index is 2.98. The van der Waals surface area contributed by atoms with Crippen molar-refractivity contribution in [1.82, 2.24) is 15.0 Å². The van der Waals surface area contributed by atoms with E-state index in [0.29, 0.717) is 15.6 Å². The summed E-state index contributed by atoms with van der Waals surface area (Å²) in [4.78, 5) is 0. The fraction of sp³-hybridized carbons (Fsp3) is 0.143. The zero-order valence-corrected chi connectivity index (χ0v) is 7.76. The summed E-state index contributed by atoms with van der Waals surface area (Å²) in [7, 11) is 1.78. The highest BCUT2D eigenvalue weighted by molar-refractivity contribution is 6.39. The van der Waals surface area contributed by atoms with Crippen LogP contribution in [0.15, 0.2) is 12.1 Å². The Bertz CT molecular complexity index is 435. The van der Waals surface area contributed by atoms with Crippen LogP contribution in [0.3, 0.4) is 0 Å². The van der Waals surface area contributed by atoms with Crippen molar-refractivity contribution >= 4 is 34.2 Å². The van der Waals surface area contributed by atoms with Gasteiger partial charge in [-0.1, -0.05) is 28.4 Å². The van der Waals surface area contributed by atoms with E-state index in [1.54, 1.807) is 23.9 Å². The Labute approximate surface area is 78.9 Å². The van der Waals surface area contributed by atoms with Gasteiger partial charge in [-0.15, -0.1) is 5.10 Å². The molecule has 0 bridgehead atoms. The van der Waals surface area contributed by atoms with Crippen molar-refractivity contribution in [2.45, 2.75) is 0 Å². The Kier molecular flexibility index (Phi) is 1.70. The largest absolute Gasteiger partial charge is 0.246 e. The van der Waals surface area contributed by atoms with Crippen LogP contribution in [0, 0.1) is 0 Å². The van der Waals surface area contributed by atoms with Gasteiger partial charge in [-0.2, -0.15) is 0 Å². The second-order valence-electron chi connectivity index (χ2n) is 2.44. The molecule has 0 radical (unpaired) electrons. The standard InChI is InChI=1S/C7H5Cl2N3/c1-12-7-5(9)3-2-4(8)6(7)10-11-12/h2-3H,1H3. The first kappa shape index (κ1) is 7.83. The number of fused-ring (bicyclic) bond motifs is 1. The first-order chi connectivity index (χ1) is 5.70. The summed E-state index contributed by atoms with van der Waals surface area (Å²) in [6.07, 6.45) is 0. The molecule has 0 spiro atoms. The number of benzene rings is 1. The molecule has 0 aliphatic rings. The molecule has 0 unspecified atom stereocenters. The molecule has 2 rings (SSSR count). The van der Waals surface area contributed by atoms with Crippen LogP contribution in [0.4, 0.5) is 0 Å². The number of aromatic nitrogens is 3. The molecule has 0 aliphatic carbocycles. The third-order valence-corrected chi connectivity index (χ3v) is 2.27. The first-order valence-electron chi connectivity index (χ1n) is 3.33. The maximum atomic E-state index is 5.92. The lowest BCUT2D eigenvalue weighted by Crippen LogP contribution is -1.89. The number of hydrogen-bond donors (Lipinski definition) is 0. The predicted octanol–water partition coefficient (Wildman–Crippen LogP) is 2.28. The van der Waals surface area contributed by atoms with Crippen LogP contribution in [-0.4, -0.2) is 15.0 Å². The van der Waals surface area contributed by atoms with Crippen LogP contribution in [0.5, 0.6) is 0 Å². The predicted molar refractivity (Wildman–Crippen MR) is 48.5 cm³/mol. The molecule has 2 aromatic rings. The van der Waals surface area contributed by atoms with Crippen LogP contribution in [0.2, 0.25) is 10.0 Å². The van der Waals surface area contributed by atoms with Gasteiger partial charge in [-0.25, -0.2) is 4.68 Å². The molecule has 0 saturated carbocycles. The SMILES string of the molecule is Cn1nnc2c(Cl)ccc(Cl)c21. The molecular weight excluding hydrogens is 197 g/mol. The molecule has 62 valence electrons. The van der Waals surface area contributed by atoms with Gasteiger partial charge in [-0.3, -0.25) is 0 Å². The summed E-state index contributed by atoms with van der Waals surface area (Å²) in [5, 5.41) is 8.88. The van der Waals surface area contributed by atoms with Crippen molar-refractivity contribution in [3.05, 3.63) is 22.2 Å². The van der Waals surface area contributed by atoms with E-state index >= 15 is 0 Å². The zero-order valence-electron chi connectivity index (χ0n) is 6.25. The lowest BCUT2D eigenvalue weighted by molar-refractivity contribution is 0.736. The maximum absolute atomic E-state index is 5.92. The second-order valence-corrected chi connectivity index (χ2v) is 3.25. The van der Waals surface area contributed by atoms with Gasteiger partial charge >= 0.3 is 0 Å². The highest BCUT2D eigenvalue weighted by Crippen LogP contribution is 2.26. The van der Waals surface area contributed by atoms with E-state index in [0.717, 1.165) is 5.52 Å². The lowest BCUT2D eigenvalue weighted by atomic mass is 10.3. The number of rotatable bonds is 0. The molecule has 1 heterocycles. The Morgan fingerprint density at radius 1 is 1.25 bits per heavy atom. The van der Waals surface area contributed by atoms with Crippen LogP contribution in [0.25, 0.3) is 11.0 Å². The summed E-state index contributed by atoms with van der Waals surface area (Å²) in [5.41, 5.74) is 1.41. The highest BCUT2D eigenvalue weighted by Gasteiger charge is 2.08. The van der Waals surface area contributed by atoms with Crippen LogP contribution in [-0.2, 0) is 7.05 Å². The molecule has 5 heteroatoms. The number of halogens is 2. The van der Waals surface area contributed by atoms with E-state index in [1.165, 1.54) is 0 Å². The zero-order chi connectivity index (χ0) is 8.72. The monoisotopic (exact) mass is 201 g/mol. The summed E-state index contributed by atoms with van der Waals surface area (Å²) < 4.78 is 1.60. The maximum Gasteiger partial charge on any atom is 0.133 e. The molecule has 12 heavy (non-hydrogen) atoms. The second kappa shape index (κ2) is 2.61. The fourth-order valence-corrected chi connectivity index (χ4v) is 1.56. The minimum absolute atomic E-state index is 0.572. The van der Waals surface area contributed by atoms with Gasteiger partial charge in [0.05, 0.1) is 10.0 Å². The average Bonchev–Trinajstić information content (AvgIpc) is 2.42. The van der Waals surface area contributed by atoms with E-state index in [1.807, 2.05) is 0 Å². The van der Waals surface area contributed by atoms with E-state index in [-0.39, 0.29) is 0 Å². The van der Waals surface area contributed by atoms with Crippen LogP contribution >= 0.6 is 23.2 Å². The van der Waals surface area contributed by atoms with Gasteiger partial charge in [0.15, 0.2) is 0 Å². The molecule has 0 fully saturated rings. The minimum atomic E-state index is 0.572. The molecule has 3 nitrogen and oxygen atoms in total. The summed E-state index contributed by atoms with van der Waals surface area (Å²) >= 11 is 11.8. The van der Waals surface area contributed by atoms with Crippen LogP contribution in [0.1, 0.15) is 0 Å². The third-order valence-electron chi connectivity index (χ3n) is 1.66. The average molecular weight is 202 g/mol. The van der Waals surface area contributed by atoms with Gasteiger partial charge in [0.1, 0.15) is 11.0 Å². The van der Waals surface area contributed by atoms with Gasteiger partial charge in [0, 0.05) is 7.05 Å². The summed E-state index contributed by atoms with van der Waals surface area (Å²) in [6.45, 7) is 0. The third kappa shape index (κ3) is 0.974. The number of aryl methyl sites for hydroxylation is 1. The van der Waals surface area contributed by atoms with Crippen molar-refractivity contribution in [2.75, 3.05) is 0 Å². The summed E-state index contributed by atoms with van der Waals surface area (Å²) in [5.74, 6) is 0. The van der Waals surface area contributed by atoms with E-state index < -0.39 is 0 Å². The van der Waals surface area contributed by atoms with Gasteiger partial charge in [0.25, 0.3) is 0 Å². The fourth-order valence-electron chi connectivity index (χ4n) is 1.09. The van der Waals surface area contributed by atoms with Gasteiger partial charge in [-0.05, 0) is 12.1 Å². The van der Waals surface area contributed by atoms with Gasteiger partial charge < -0.3 is 0 Å². The van der Waals surface area contributed by atoms with Crippen molar-refractivity contribution in [3.8, 4) is 0 Å². The molecule has 1 aromatic heterocycles. The van der Waals surface area contributed by atoms with Crippen molar-refractivity contribution in [2.24, 2.45) is 7.05 Å². The number of nitrogens with zero attached hydrogens (tertiary/aromatic N) is 3. The summed E-state index contributed by atoms with van der Waals surface area (Å²) in [6, 6.07) is 3.44. The molecule has 0 saturated heterocycles. The van der Waals surface area contributed by atoms with E-state index in [4.69, 9.17) is 23.2 Å². The molecule has 0 amide bonds. The topological polar surface area (TPSA) is 30.7 Å². The molecular formula is C7H5Cl2N3. The molecule has 1 aromatic carbocycles. The lowest BCUT2D eigenvalue weighted by Gasteiger charge is -1.95. The minimum Gasteiger partial charge on any atom is -0.246 e. The Hall–Kier alpha value is -0.800. The van der Waals surface area contributed by atoms with Crippen molar-refractivity contribution in [1.29, 1.82) is 0 Å². The van der Waals surface area contributed by atoms with E-state index in [9.17, 15) is 0 Å². The normalized spacial score (nSPS) is 10.9. The smallest absolute Gasteiger partial charge is 0.133 e. The number of hydrogen-bond acceptors (Lipinski definition) is 2. The van der Waals surface area contributed by atoms with Crippen molar-refractivity contribution in [3.63, 3.8) is 0 Å². The van der Waals surface area contributed by atoms with Crippen LogP contribution < -0.4 is 0 Å². The molecule has 0 atom stereocenters. The quantitative estimate of drug-likeness (QED) is 0.655. The highest BCUT2D eigenvalue weighted by atomic mass is 35.5. The Morgan fingerprint density at radius 2 is 1.92 bits per heavy atom.